The van der Waals surface area contributed by atoms with E-state index in [1.54, 1.807) is 6.07 Å². The van der Waals surface area contributed by atoms with Crippen molar-refractivity contribution in [2.75, 3.05) is 0 Å². The van der Waals surface area contributed by atoms with Crippen molar-refractivity contribution in [3.63, 3.8) is 0 Å². The Kier molecular flexibility index (Phi) is 2.90. The molecule has 0 bridgehead atoms. The SMILES string of the molecule is [C-]#[N+]/C(C#N)=C1\c2ccccc2-c2cc(C(C)=O)ccc21. The summed E-state index contributed by atoms with van der Waals surface area (Å²) >= 11 is 0. The molecule has 0 amide bonds. The van der Waals surface area contributed by atoms with Crippen LogP contribution in [0.4, 0.5) is 0 Å². The smallest absolute Gasteiger partial charge is 0.270 e. The predicted molar refractivity (Wildman–Crippen MR) is 80.1 cm³/mol. The standard InChI is InChI=1S/C18H10N2O/c1-11(21)12-7-8-15-16(9-12)13-5-3-4-6-14(13)18(15)17(10-19)20-2/h3-9H,1H3/b18-17+. The first-order valence-electron chi connectivity index (χ1n) is 6.44. The molecule has 0 saturated heterocycles. The van der Waals surface area contributed by atoms with Gasteiger partial charge < -0.3 is 0 Å². The van der Waals surface area contributed by atoms with Gasteiger partial charge in [0.1, 0.15) is 0 Å². The van der Waals surface area contributed by atoms with Crippen LogP contribution in [0.1, 0.15) is 28.4 Å². The number of rotatable bonds is 1. The van der Waals surface area contributed by atoms with E-state index in [4.69, 9.17) is 6.57 Å². The van der Waals surface area contributed by atoms with Crippen molar-refractivity contribution in [3.8, 4) is 17.2 Å². The van der Waals surface area contributed by atoms with E-state index in [9.17, 15) is 10.1 Å². The molecule has 2 aromatic rings. The molecule has 0 unspecified atom stereocenters. The lowest BCUT2D eigenvalue weighted by molar-refractivity contribution is 0.101. The molecule has 0 N–H and O–H groups in total. The van der Waals surface area contributed by atoms with Gasteiger partial charge in [-0.15, -0.1) is 0 Å². The zero-order valence-electron chi connectivity index (χ0n) is 11.3. The number of Topliss-reactive ketones (excluding diaryl/α,β-unsaturated/α-hetero) is 1. The molecule has 2 aromatic carbocycles. The molecule has 0 atom stereocenters. The lowest BCUT2D eigenvalue weighted by atomic mass is 10.00. The highest BCUT2D eigenvalue weighted by Gasteiger charge is 2.26. The minimum absolute atomic E-state index is 0.00148. The quantitative estimate of drug-likeness (QED) is 0.380. The van der Waals surface area contributed by atoms with Gasteiger partial charge in [-0.05, 0) is 35.2 Å². The van der Waals surface area contributed by atoms with Gasteiger partial charge in [-0.2, -0.15) is 0 Å². The van der Waals surface area contributed by atoms with Crippen molar-refractivity contribution in [1.82, 2.24) is 0 Å². The predicted octanol–water partition coefficient (Wildman–Crippen LogP) is 4.07. The summed E-state index contributed by atoms with van der Waals surface area (Å²) in [7, 11) is 0. The van der Waals surface area contributed by atoms with E-state index in [1.807, 2.05) is 42.5 Å². The summed E-state index contributed by atoms with van der Waals surface area (Å²) in [6.07, 6.45) is 0. The Balaban J connectivity index is 2.41. The number of carbonyl (C=O) groups excluding carboxylic acids is 1. The van der Waals surface area contributed by atoms with Crippen LogP contribution < -0.4 is 0 Å². The van der Waals surface area contributed by atoms with Crippen molar-refractivity contribution in [2.24, 2.45) is 0 Å². The highest BCUT2D eigenvalue weighted by molar-refractivity contribution is 6.05. The van der Waals surface area contributed by atoms with Crippen LogP contribution in [0.3, 0.4) is 0 Å². The van der Waals surface area contributed by atoms with E-state index in [1.165, 1.54) is 6.92 Å². The number of fused-ring (bicyclic) bond motifs is 3. The average Bonchev–Trinajstić information content (AvgIpc) is 2.83. The first-order chi connectivity index (χ1) is 10.2. The van der Waals surface area contributed by atoms with Crippen LogP contribution >= 0.6 is 0 Å². The molecule has 3 nitrogen and oxygen atoms in total. The third-order valence-electron chi connectivity index (χ3n) is 3.64. The zero-order valence-corrected chi connectivity index (χ0v) is 11.3. The van der Waals surface area contributed by atoms with Gasteiger partial charge in [0.05, 0.1) is 12.6 Å². The number of ketones is 1. The Labute approximate surface area is 122 Å². The van der Waals surface area contributed by atoms with E-state index in [2.05, 4.69) is 4.85 Å². The molecule has 0 aliphatic heterocycles. The Morgan fingerprint density at radius 2 is 1.76 bits per heavy atom. The molecule has 0 spiro atoms. The van der Waals surface area contributed by atoms with Crippen LogP contribution in [0.5, 0.6) is 0 Å². The molecular formula is C18H10N2O. The third kappa shape index (κ3) is 1.84. The summed E-state index contributed by atoms with van der Waals surface area (Å²) in [4.78, 5) is 14.9. The van der Waals surface area contributed by atoms with Crippen LogP contribution in [-0.2, 0) is 0 Å². The van der Waals surface area contributed by atoms with Crippen molar-refractivity contribution in [3.05, 3.63) is 76.3 Å². The van der Waals surface area contributed by atoms with Gasteiger partial charge in [0.2, 0.25) is 0 Å². The molecule has 3 rings (SSSR count). The fraction of sp³-hybridized carbons (Fsp3) is 0.0556. The van der Waals surface area contributed by atoms with Crippen LogP contribution in [0.25, 0.3) is 21.5 Å². The summed E-state index contributed by atoms with van der Waals surface area (Å²) < 4.78 is 0. The van der Waals surface area contributed by atoms with Gasteiger partial charge in [-0.3, -0.25) is 4.79 Å². The maximum Gasteiger partial charge on any atom is 0.270 e. The number of allylic oxidation sites excluding steroid dienone is 1. The number of benzene rings is 2. The van der Waals surface area contributed by atoms with E-state index in [0.717, 1.165) is 22.3 Å². The van der Waals surface area contributed by atoms with Gasteiger partial charge >= 0.3 is 0 Å². The van der Waals surface area contributed by atoms with E-state index in [0.29, 0.717) is 11.1 Å². The molecule has 0 radical (unpaired) electrons. The Bertz CT molecular complexity index is 876. The second-order valence-corrected chi connectivity index (χ2v) is 4.81. The molecule has 21 heavy (non-hydrogen) atoms. The largest absolute Gasteiger partial charge is 0.295 e. The van der Waals surface area contributed by atoms with E-state index in [-0.39, 0.29) is 11.5 Å². The molecule has 0 fully saturated rings. The van der Waals surface area contributed by atoms with Gasteiger partial charge in [-0.25, -0.2) is 10.1 Å². The lowest BCUT2D eigenvalue weighted by Gasteiger charge is -2.04. The van der Waals surface area contributed by atoms with E-state index >= 15 is 0 Å². The van der Waals surface area contributed by atoms with Crippen LogP contribution in [0, 0.1) is 17.9 Å². The molecular weight excluding hydrogens is 260 g/mol. The number of carbonyl (C=O) groups is 1. The molecule has 1 aliphatic rings. The Morgan fingerprint density at radius 3 is 2.38 bits per heavy atom. The molecule has 0 aromatic heterocycles. The van der Waals surface area contributed by atoms with E-state index < -0.39 is 0 Å². The van der Waals surface area contributed by atoms with Crippen molar-refractivity contribution >= 4 is 11.4 Å². The van der Waals surface area contributed by atoms with Crippen LogP contribution in [0.2, 0.25) is 0 Å². The molecule has 3 heteroatoms. The highest BCUT2D eigenvalue weighted by Crippen LogP contribution is 2.46. The summed E-state index contributed by atoms with van der Waals surface area (Å²) in [5.74, 6) is -0.00148. The zero-order chi connectivity index (χ0) is 15.0. The van der Waals surface area contributed by atoms with Gasteiger partial charge in [0.15, 0.2) is 5.78 Å². The third-order valence-corrected chi connectivity index (χ3v) is 3.64. The average molecular weight is 270 g/mol. The normalized spacial score (nSPS) is 13.7. The fourth-order valence-corrected chi connectivity index (χ4v) is 2.68. The highest BCUT2D eigenvalue weighted by atomic mass is 16.1. The molecule has 98 valence electrons. The Hall–Kier alpha value is -3.17. The lowest BCUT2D eigenvalue weighted by Crippen LogP contribution is -1.93. The second-order valence-electron chi connectivity index (χ2n) is 4.81. The van der Waals surface area contributed by atoms with Crippen LogP contribution in [-0.4, -0.2) is 5.78 Å². The summed E-state index contributed by atoms with van der Waals surface area (Å²) in [5.41, 5.74) is 4.96. The fourth-order valence-electron chi connectivity index (χ4n) is 2.68. The van der Waals surface area contributed by atoms with Gasteiger partial charge in [0, 0.05) is 11.1 Å². The maximum atomic E-state index is 11.6. The first-order valence-corrected chi connectivity index (χ1v) is 6.44. The van der Waals surface area contributed by atoms with Gasteiger partial charge in [-0.1, -0.05) is 36.4 Å². The second kappa shape index (κ2) is 4.74. The molecule has 0 heterocycles. The number of hydrogen-bond donors (Lipinski definition) is 0. The summed E-state index contributed by atoms with van der Waals surface area (Å²) in [6, 6.07) is 15.0. The maximum absolute atomic E-state index is 11.6. The number of hydrogen-bond acceptors (Lipinski definition) is 2. The Morgan fingerprint density at radius 1 is 1.10 bits per heavy atom. The summed E-state index contributed by atoms with van der Waals surface area (Å²) in [5, 5.41) is 9.20. The molecule has 0 saturated carbocycles. The topological polar surface area (TPSA) is 45.2 Å². The first kappa shape index (κ1) is 12.8. The van der Waals surface area contributed by atoms with Crippen molar-refractivity contribution in [1.29, 1.82) is 5.26 Å². The van der Waals surface area contributed by atoms with Crippen molar-refractivity contribution in [2.45, 2.75) is 6.92 Å². The van der Waals surface area contributed by atoms with Gasteiger partial charge in [0.25, 0.3) is 5.70 Å². The molecule has 1 aliphatic carbocycles. The summed E-state index contributed by atoms with van der Waals surface area (Å²) in [6.45, 7) is 8.74. The number of nitrogens with zero attached hydrogens (tertiary/aromatic N) is 2. The minimum atomic E-state index is -0.00148. The van der Waals surface area contributed by atoms with Crippen molar-refractivity contribution < 1.29 is 4.79 Å². The number of nitriles is 1. The monoisotopic (exact) mass is 270 g/mol. The van der Waals surface area contributed by atoms with Crippen LogP contribution in [0.15, 0.2) is 48.2 Å². The minimum Gasteiger partial charge on any atom is -0.295 e.